The number of benzene rings is 1. The first kappa shape index (κ1) is 10.3. The molecular formula is C11H11NO2. The third-order valence-electron chi connectivity index (χ3n) is 2.07. The van der Waals surface area contributed by atoms with Crippen molar-refractivity contribution in [3.05, 3.63) is 28.8 Å². The van der Waals surface area contributed by atoms with Gasteiger partial charge in [-0.1, -0.05) is 0 Å². The number of aldehydes is 1. The minimum Gasteiger partial charge on any atom is -0.496 e. The summed E-state index contributed by atoms with van der Waals surface area (Å²) in [5.41, 5.74) is 2.22. The lowest BCUT2D eigenvalue weighted by Gasteiger charge is -2.08. The van der Waals surface area contributed by atoms with Gasteiger partial charge in [0, 0.05) is 11.1 Å². The van der Waals surface area contributed by atoms with Gasteiger partial charge in [-0.2, -0.15) is 5.26 Å². The van der Waals surface area contributed by atoms with E-state index in [0.717, 1.165) is 17.4 Å². The van der Waals surface area contributed by atoms with E-state index in [0.29, 0.717) is 11.3 Å². The number of methoxy groups -OCH3 is 1. The lowest BCUT2D eigenvalue weighted by atomic mass is 10.0. The van der Waals surface area contributed by atoms with E-state index in [1.165, 1.54) is 0 Å². The monoisotopic (exact) mass is 189 g/mol. The Bertz CT molecular complexity index is 391. The molecule has 0 spiro atoms. The smallest absolute Gasteiger partial charge is 0.150 e. The third-order valence-corrected chi connectivity index (χ3v) is 2.07. The summed E-state index contributed by atoms with van der Waals surface area (Å²) in [4.78, 5) is 10.7. The Morgan fingerprint density at radius 1 is 1.57 bits per heavy atom. The van der Waals surface area contributed by atoms with E-state index >= 15 is 0 Å². The molecule has 3 nitrogen and oxygen atoms in total. The van der Waals surface area contributed by atoms with E-state index in [9.17, 15) is 4.79 Å². The standard InChI is InChI=1S/C11H11NO2/c1-8-5-11(14-2)9(3-4-12)6-10(8)7-13/h5-7H,3H2,1-2H3. The maximum atomic E-state index is 10.7. The molecule has 14 heavy (non-hydrogen) atoms. The van der Waals surface area contributed by atoms with Gasteiger partial charge in [-0.25, -0.2) is 0 Å². The van der Waals surface area contributed by atoms with Crippen LogP contribution in [0.1, 0.15) is 21.5 Å². The second-order valence-electron chi connectivity index (χ2n) is 2.97. The minimum absolute atomic E-state index is 0.254. The molecule has 72 valence electrons. The largest absolute Gasteiger partial charge is 0.496 e. The highest BCUT2D eigenvalue weighted by Gasteiger charge is 2.06. The van der Waals surface area contributed by atoms with Crippen molar-refractivity contribution in [2.45, 2.75) is 13.3 Å². The Balaban J connectivity index is 3.26. The molecule has 3 heteroatoms. The lowest BCUT2D eigenvalue weighted by molar-refractivity contribution is 0.112. The molecule has 0 aromatic heterocycles. The Hall–Kier alpha value is -1.82. The fraction of sp³-hybridized carbons (Fsp3) is 0.273. The molecule has 0 aliphatic carbocycles. The summed E-state index contributed by atoms with van der Waals surface area (Å²) in [5, 5.41) is 8.58. The molecule has 0 amide bonds. The average Bonchev–Trinajstić information content (AvgIpc) is 2.20. The van der Waals surface area contributed by atoms with Gasteiger partial charge in [0.25, 0.3) is 0 Å². The second-order valence-corrected chi connectivity index (χ2v) is 2.97. The number of carbonyl (C=O) groups excluding carboxylic acids is 1. The van der Waals surface area contributed by atoms with Gasteiger partial charge in [0.15, 0.2) is 0 Å². The summed E-state index contributed by atoms with van der Waals surface area (Å²) in [6, 6.07) is 5.51. The molecule has 1 aromatic carbocycles. The zero-order valence-corrected chi connectivity index (χ0v) is 8.20. The number of rotatable bonds is 3. The second kappa shape index (κ2) is 4.43. The van der Waals surface area contributed by atoms with Crippen LogP contribution in [-0.2, 0) is 6.42 Å². The summed E-state index contributed by atoms with van der Waals surface area (Å²) in [6.45, 7) is 1.84. The molecule has 0 unspecified atom stereocenters. The van der Waals surface area contributed by atoms with Crippen LogP contribution in [0, 0.1) is 18.3 Å². The van der Waals surface area contributed by atoms with Crippen molar-refractivity contribution in [3.63, 3.8) is 0 Å². The van der Waals surface area contributed by atoms with Gasteiger partial charge in [0.1, 0.15) is 12.0 Å². The predicted octanol–water partition coefficient (Wildman–Crippen LogP) is 1.88. The van der Waals surface area contributed by atoms with E-state index in [2.05, 4.69) is 0 Å². The van der Waals surface area contributed by atoms with Crippen molar-refractivity contribution in [2.75, 3.05) is 7.11 Å². The summed E-state index contributed by atoms with van der Waals surface area (Å²) in [6.07, 6.45) is 1.04. The summed E-state index contributed by atoms with van der Waals surface area (Å²) in [5.74, 6) is 0.662. The van der Waals surface area contributed by atoms with Gasteiger partial charge in [-0.3, -0.25) is 4.79 Å². The van der Waals surface area contributed by atoms with Gasteiger partial charge < -0.3 is 4.74 Å². The summed E-state index contributed by atoms with van der Waals surface area (Å²) < 4.78 is 5.11. The molecule has 0 aliphatic heterocycles. The Kier molecular flexibility index (Phi) is 3.24. The van der Waals surface area contributed by atoms with Crippen molar-refractivity contribution >= 4 is 6.29 Å². The first-order valence-electron chi connectivity index (χ1n) is 4.22. The van der Waals surface area contributed by atoms with Crippen LogP contribution in [-0.4, -0.2) is 13.4 Å². The average molecular weight is 189 g/mol. The van der Waals surface area contributed by atoms with E-state index in [-0.39, 0.29) is 6.42 Å². The summed E-state index contributed by atoms with van der Waals surface area (Å²) in [7, 11) is 1.55. The zero-order valence-electron chi connectivity index (χ0n) is 8.20. The first-order valence-corrected chi connectivity index (χ1v) is 4.22. The van der Waals surface area contributed by atoms with Gasteiger partial charge in [0.05, 0.1) is 19.6 Å². The molecular weight excluding hydrogens is 178 g/mol. The number of ether oxygens (including phenoxy) is 1. The molecule has 0 saturated heterocycles. The Labute approximate surface area is 82.9 Å². The van der Waals surface area contributed by atoms with Crippen molar-refractivity contribution < 1.29 is 9.53 Å². The zero-order chi connectivity index (χ0) is 10.6. The Morgan fingerprint density at radius 2 is 2.29 bits per heavy atom. The molecule has 1 rings (SSSR count). The Morgan fingerprint density at radius 3 is 2.79 bits per heavy atom. The fourth-order valence-corrected chi connectivity index (χ4v) is 1.29. The molecule has 0 bridgehead atoms. The van der Waals surface area contributed by atoms with Crippen molar-refractivity contribution in [3.8, 4) is 11.8 Å². The van der Waals surface area contributed by atoms with Crippen LogP contribution >= 0.6 is 0 Å². The summed E-state index contributed by atoms with van der Waals surface area (Å²) >= 11 is 0. The lowest BCUT2D eigenvalue weighted by Crippen LogP contribution is -1.96. The van der Waals surface area contributed by atoms with Crippen LogP contribution in [0.25, 0.3) is 0 Å². The molecule has 0 atom stereocenters. The van der Waals surface area contributed by atoms with Gasteiger partial charge in [-0.15, -0.1) is 0 Å². The molecule has 1 aromatic rings. The number of hydrogen-bond acceptors (Lipinski definition) is 3. The van der Waals surface area contributed by atoms with Gasteiger partial charge >= 0.3 is 0 Å². The predicted molar refractivity (Wildman–Crippen MR) is 52.4 cm³/mol. The van der Waals surface area contributed by atoms with Crippen LogP contribution in [0.15, 0.2) is 12.1 Å². The van der Waals surface area contributed by atoms with E-state index in [4.69, 9.17) is 10.00 Å². The first-order chi connectivity index (χ1) is 6.72. The topological polar surface area (TPSA) is 50.1 Å². The maximum Gasteiger partial charge on any atom is 0.150 e. The van der Waals surface area contributed by atoms with Crippen molar-refractivity contribution in [1.82, 2.24) is 0 Å². The highest BCUT2D eigenvalue weighted by atomic mass is 16.5. The van der Waals surface area contributed by atoms with Crippen molar-refractivity contribution in [2.24, 2.45) is 0 Å². The van der Waals surface area contributed by atoms with Crippen LogP contribution in [0.2, 0.25) is 0 Å². The third kappa shape index (κ3) is 1.91. The van der Waals surface area contributed by atoms with Crippen LogP contribution in [0.4, 0.5) is 0 Å². The maximum absolute atomic E-state index is 10.7. The van der Waals surface area contributed by atoms with Crippen LogP contribution < -0.4 is 4.74 Å². The quantitative estimate of drug-likeness (QED) is 0.682. The van der Waals surface area contributed by atoms with Crippen LogP contribution in [0.5, 0.6) is 5.75 Å². The highest BCUT2D eigenvalue weighted by Crippen LogP contribution is 2.22. The fourth-order valence-electron chi connectivity index (χ4n) is 1.29. The van der Waals surface area contributed by atoms with Crippen LogP contribution in [0.3, 0.4) is 0 Å². The normalized spacial score (nSPS) is 9.21. The number of nitriles is 1. The molecule has 0 saturated carbocycles. The molecule has 0 N–H and O–H groups in total. The van der Waals surface area contributed by atoms with Gasteiger partial charge in [0.2, 0.25) is 0 Å². The number of carbonyl (C=O) groups is 1. The van der Waals surface area contributed by atoms with E-state index in [1.54, 1.807) is 19.2 Å². The molecule has 0 fully saturated rings. The number of aryl methyl sites for hydroxylation is 1. The van der Waals surface area contributed by atoms with E-state index in [1.807, 2.05) is 13.0 Å². The minimum atomic E-state index is 0.254. The van der Waals surface area contributed by atoms with Crippen molar-refractivity contribution in [1.29, 1.82) is 5.26 Å². The molecule has 0 radical (unpaired) electrons. The molecule has 0 heterocycles. The molecule has 0 aliphatic rings. The highest BCUT2D eigenvalue weighted by molar-refractivity contribution is 5.78. The van der Waals surface area contributed by atoms with Gasteiger partial charge in [-0.05, 0) is 24.6 Å². The number of nitrogens with zero attached hydrogens (tertiary/aromatic N) is 1. The SMILES string of the molecule is COc1cc(C)c(C=O)cc1CC#N. The number of hydrogen-bond donors (Lipinski definition) is 0. The van der Waals surface area contributed by atoms with E-state index < -0.39 is 0 Å².